The van der Waals surface area contributed by atoms with Gasteiger partial charge in [-0.15, -0.1) is 0 Å². The minimum Gasteiger partial charge on any atom is -0.457 e. The number of nitro groups is 2. The van der Waals surface area contributed by atoms with Crippen LogP contribution in [0.4, 0.5) is 11.4 Å². The van der Waals surface area contributed by atoms with Gasteiger partial charge in [0.05, 0.1) is 27.5 Å². The highest BCUT2D eigenvalue weighted by atomic mass is 16.6. The van der Waals surface area contributed by atoms with Gasteiger partial charge in [0, 0.05) is 6.07 Å². The zero-order valence-electron chi connectivity index (χ0n) is 17.9. The lowest BCUT2D eigenvalue weighted by molar-refractivity contribution is -0.394. The van der Waals surface area contributed by atoms with E-state index in [0.717, 1.165) is 18.2 Å². The molecule has 1 amide bonds. The van der Waals surface area contributed by atoms with Gasteiger partial charge in [0.15, 0.2) is 0 Å². The van der Waals surface area contributed by atoms with Gasteiger partial charge in [0.2, 0.25) is 0 Å². The lowest BCUT2D eigenvalue weighted by Gasteiger charge is -2.27. The molecule has 0 fully saturated rings. The van der Waals surface area contributed by atoms with Gasteiger partial charge in [0.25, 0.3) is 17.3 Å². The molecule has 32 heavy (non-hydrogen) atoms. The molecule has 1 N–H and O–H groups in total. The van der Waals surface area contributed by atoms with E-state index in [2.05, 4.69) is 5.32 Å². The predicted octanol–water partition coefficient (Wildman–Crippen LogP) is 4.43. The Balaban J connectivity index is 2.28. The number of nitro benzene ring substituents is 2. The Morgan fingerprint density at radius 1 is 0.969 bits per heavy atom. The first-order valence-electron chi connectivity index (χ1n) is 10.3. The largest absolute Gasteiger partial charge is 0.457 e. The zero-order chi connectivity index (χ0) is 23.7. The van der Waals surface area contributed by atoms with Crippen LogP contribution >= 0.6 is 0 Å². The molecule has 0 spiro atoms. The molecule has 2 rings (SSSR count). The Morgan fingerprint density at radius 3 is 2.19 bits per heavy atom. The van der Waals surface area contributed by atoms with Crippen molar-refractivity contribution in [2.24, 2.45) is 0 Å². The van der Waals surface area contributed by atoms with Crippen LogP contribution < -0.4 is 5.32 Å². The normalized spacial score (nSPS) is 12.4. The zero-order valence-corrected chi connectivity index (χ0v) is 17.9. The number of hydrogen-bond donors (Lipinski definition) is 1. The van der Waals surface area contributed by atoms with Crippen molar-refractivity contribution in [1.29, 1.82) is 0 Å². The van der Waals surface area contributed by atoms with Crippen molar-refractivity contribution < 1.29 is 24.2 Å². The molecule has 0 aliphatic heterocycles. The number of non-ortho nitro benzene ring substituents is 1. The molecule has 0 bridgehead atoms. The van der Waals surface area contributed by atoms with Gasteiger partial charge in [-0.2, -0.15) is 0 Å². The van der Waals surface area contributed by atoms with Crippen LogP contribution in [0.25, 0.3) is 0 Å². The summed E-state index contributed by atoms with van der Waals surface area (Å²) >= 11 is 0. The van der Waals surface area contributed by atoms with Gasteiger partial charge < -0.3 is 10.1 Å². The summed E-state index contributed by atoms with van der Waals surface area (Å²) in [5.41, 5.74) is -1.08. The number of nitrogens with one attached hydrogen (secondary N) is 1. The van der Waals surface area contributed by atoms with Crippen molar-refractivity contribution in [3.05, 3.63) is 79.9 Å². The number of carbonyl (C=O) groups is 2. The maximum Gasteiger partial charge on any atom is 0.338 e. The predicted molar refractivity (Wildman–Crippen MR) is 116 cm³/mol. The summed E-state index contributed by atoms with van der Waals surface area (Å²) in [5, 5.41) is 25.0. The van der Waals surface area contributed by atoms with Crippen molar-refractivity contribution in [1.82, 2.24) is 5.32 Å². The number of carbonyl (C=O) groups excluding carboxylic acids is 2. The lowest BCUT2D eigenvalue weighted by atomic mass is 10.0. The van der Waals surface area contributed by atoms with Crippen LogP contribution in [0.5, 0.6) is 0 Å². The minimum absolute atomic E-state index is 0.300. The molecule has 0 radical (unpaired) electrons. The number of ether oxygens (including phenoxy) is 1. The second-order valence-corrected chi connectivity index (χ2v) is 7.18. The maximum absolute atomic E-state index is 12.9. The van der Waals surface area contributed by atoms with Crippen molar-refractivity contribution in [2.45, 2.75) is 51.7 Å². The first-order chi connectivity index (χ1) is 15.3. The van der Waals surface area contributed by atoms with Crippen LogP contribution in [-0.2, 0) is 4.74 Å². The van der Waals surface area contributed by atoms with E-state index in [1.165, 1.54) is 0 Å². The minimum atomic E-state index is -0.838. The molecular weight excluding hydrogens is 418 g/mol. The summed E-state index contributed by atoms with van der Waals surface area (Å²) in [4.78, 5) is 46.1. The van der Waals surface area contributed by atoms with Crippen LogP contribution in [0.1, 0.15) is 60.2 Å². The van der Waals surface area contributed by atoms with Crippen molar-refractivity contribution in [3.63, 3.8) is 0 Å². The molecular formula is C22H25N3O7. The number of amides is 1. The summed E-state index contributed by atoms with van der Waals surface area (Å²) in [7, 11) is 0. The molecule has 2 aromatic rings. The maximum atomic E-state index is 12.9. The van der Waals surface area contributed by atoms with E-state index in [-0.39, 0.29) is 5.56 Å². The van der Waals surface area contributed by atoms with E-state index in [0.29, 0.717) is 31.2 Å². The van der Waals surface area contributed by atoms with E-state index >= 15 is 0 Å². The quantitative estimate of drug-likeness (QED) is 0.307. The Hall–Kier alpha value is -3.82. The fraction of sp³-hybridized carbons (Fsp3) is 0.364. The van der Waals surface area contributed by atoms with E-state index < -0.39 is 45.2 Å². The van der Waals surface area contributed by atoms with Gasteiger partial charge in [-0.25, -0.2) is 4.79 Å². The molecule has 10 heteroatoms. The molecule has 0 heterocycles. The molecule has 0 aliphatic rings. The fourth-order valence-electron chi connectivity index (χ4n) is 3.29. The van der Waals surface area contributed by atoms with Crippen LogP contribution in [0.3, 0.4) is 0 Å². The Kier molecular flexibility index (Phi) is 8.82. The summed E-state index contributed by atoms with van der Waals surface area (Å²) in [6.07, 6.45) is 1.65. The first kappa shape index (κ1) is 24.4. The van der Waals surface area contributed by atoms with Crippen LogP contribution in [0, 0.1) is 20.2 Å². The molecule has 10 nitrogen and oxygen atoms in total. The summed E-state index contributed by atoms with van der Waals surface area (Å²) in [6, 6.07) is 10.7. The second kappa shape index (κ2) is 11.5. The monoisotopic (exact) mass is 443 g/mol. The van der Waals surface area contributed by atoms with Gasteiger partial charge >= 0.3 is 5.97 Å². The molecule has 0 aliphatic carbocycles. The molecule has 2 atom stereocenters. The highest BCUT2D eigenvalue weighted by Gasteiger charge is 2.30. The van der Waals surface area contributed by atoms with Crippen molar-refractivity contribution in [2.75, 3.05) is 0 Å². The van der Waals surface area contributed by atoms with Crippen molar-refractivity contribution in [3.8, 4) is 0 Å². The van der Waals surface area contributed by atoms with E-state index in [1.54, 1.807) is 30.3 Å². The van der Waals surface area contributed by atoms with Gasteiger partial charge in [-0.1, -0.05) is 44.9 Å². The SMILES string of the molecule is CCC[C@@H](NC(=O)c1ccc([N+](=O)[O-])cc1[N+](=O)[O-])[C@@H](CCC)OC(=O)c1ccccc1. The molecule has 0 aromatic heterocycles. The Morgan fingerprint density at radius 2 is 1.62 bits per heavy atom. The van der Waals surface area contributed by atoms with Crippen molar-refractivity contribution >= 4 is 23.3 Å². The molecule has 0 unspecified atom stereocenters. The van der Waals surface area contributed by atoms with Gasteiger partial charge in [0.1, 0.15) is 11.7 Å². The third-order valence-electron chi connectivity index (χ3n) is 4.84. The summed E-state index contributed by atoms with van der Waals surface area (Å²) in [5.74, 6) is -1.29. The third kappa shape index (κ3) is 6.34. The molecule has 0 saturated heterocycles. The van der Waals surface area contributed by atoms with E-state index in [9.17, 15) is 29.8 Å². The summed E-state index contributed by atoms with van der Waals surface area (Å²) in [6.45, 7) is 3.81. The Labute approximate surface area is 184 Å². The topological polar surface area (TPSA) is 142 Å². The Bertz CT molecular complexity index is 979. The van der Waals surface area contributed by atoms with E-state index in [4.69, 9.17) is 4.74 Å². The highest BCUT2D eigenvalue weighted by molar-refractivity contribution is 5.98. The van der Waals surface area contributed by atoms with E-state index in [1.807, 2.05) is 13.8 Å². The number of nitrogens with zero attached hydrogens (tertiary/aromatic N) is 2. The number of esters is 1. The molecule has 2 aromatic carbocycles. The fourth-order valence-corrected chi connectivity index (χ4v) is 3.29. The van der Waals surface area contributed by atoms with Gasteiger partial charge in [-0.05, 0) is 31.0 Å². The number of benzene rings is 2. The smallest absolute Gasteiger partial charge is 0.338 e. The average molecular weight is 443 g/mol. The molecule has 0 saturated carbocycles. The number of hydrogen-bond acceptors (Lipinski definition) is 7. The molecule has 170 valence electrons. The van der Waals surface area contributed by atoms with Crippen LogP contribution in [0.15, 0.2) is 48.5 Å². The average Bonchev–Trinajstić information content (AvgIpc) is 2.78. The van der Waals surface area contributed by atoms with Crippen LogP contribution in [0.2, 0.25) is 0 Å². The third-order valence-corrected chi connectivity index (χ3v) is 4.84. The van der Waals surface area contributed by atoms with Crippen LogP contribution in [-0.4, -0.2) is 33.9 Å². The second-order valence-electron chi connectivity index (χ2n) is 7.18. The highest BCUT2D eigenvalue weighted by Crippen LogP contribution is 2.25. The first-order valence-corrected chi connectivity index (χ1v) is 10.3. The lowest BCUT2D eigenvalue weighted by Crippen LogP contribution is -2.45. The summed E-state index contributed by atoms with van der Waals surface area (Å²) < 4.78 is 5.68. The van der Waals surface area contributed by atoms with Gasteiger partial charge in [-0.3, -0.25) is 25.0 Å². The standard InChI is InChI=1S/C22H25N3O7/c1-3-8-18(20(9-4-2)32-22(27)15-10-6-5-7-11-15)23-21(26)17-13-12-16(24(28)29)14-19(17)25(30)31/h5-7,10-14,18,20H,3-4,8-9H2,1-2H3,(H,23,26)/t18-,20-/m1/s1. The number of rotatable bonds is 11.